The average molecular weight is 342 g/mol. The molecule has 4 rings (SSSR count). The zero-order chi connectivity index (χ0) is 18.3. The van der Waals surface area contributed by atoms with Crippen molar-refractivity contribution < 1.29 is 0 Å². The maximum atomic E-state index is 4.63. The number of benzene rings is 1. The van der Waals surface area contributed by atoms with E-state index in [4.69, 9.17) is 0 Å². The van der Waals surface area contributed by atoms with Crippen molar-refractivity contribution in [2.75, 3.05) is 5.01 Å². The highest BCUT2D eigenvalue weighted by molar-refractivity contribution is 5.98. The van der Waals surface area contributed by atoms with Gasteiger partial charge in [0.15, 0.2) is 5.82 Å². The molecule has 130 valence electrons. The van der Waals surface area contributed by atoms with E-state index in [0.717, 1.165) is 29.1 Å². The maximum absolute atomic E-state index is 4.63. The van der Waals surface area contributed by atoms with Crippen LogP contribution in [0.3, 0.4) is 0 Å². The van der Waals surface area contributed by atoms with Crippen molar-refractivity contribution in [2.24, 2.45) is 5.10 Å². The number of nitrogens with zero attached hydrogens (tertiary/aromatic N) is 4. The van der Waals surface area contributed by atoms with Crippen LogP contribution in [0.4, 0.5) is 5.82 Å². The van der Waals surface area contributed by atoms with Crippen molar-refractivity contribution in [1.29, 1.82) is 0 Å². The number of rotatable bonds is 3. The Morgan fingerprint density at radius 3 is 2.62 bits per heavy atom. The minimum absolute atomic E-state index is 0.778. The summed E-state index contributed by atoms with van der Waals surface area (Å²) < 4.78 is 2.33. The van der Waals surface area contributed by atoms with E-state index >= 15 is 0 Å². The Morgan fingerprint density at radius 1 is 1.08 bits per heavy atom. The first-order valence-electron chi connectivity index (χ1n) is 8.87. The minimum atomic E-state index is 0.778. The van der Waals surface area contributed by atoms with Crippen molar-refractivity contribution in [3.63, 3.8) is 0 Å². The van der Waals surface area contributed by atoms with E-state index in [1.165, 1.54) is 22.6 Å². The van der Waals surface area contributed by atoms with E-state index < -0.39 is 0 Å². The second-order valence-electron chi connectivity index (χ2n) is 6.54. The summed E-state index contributed by atoms with van der Waals surface area (Å²) in [6.45, 7) is 10.8. The van der Waals surface area contributed by atoms with Crippen LogP contribution in [0.2, 0.25) is 0 Å². The Labute approximate surface area is 154 Å². The lowest BCUT2D eigenvalue weighted by atomic mass is 10.0. The lowest BCUT2D eigenvalue weighted by Gasteiger charge is -2.24. The Kier molecular flexibility index (Phi) is 3.96. The summed E-state index contributed by atoms with van der Waals surface area (Å²) in [4.78, 5) is 4.42. The van der Waals surface area contributed by atoms with Crippen molar-refractivity contribution >= 4 is 17.7 Å². The third-order valence-corrected chi connectivity index (χ3v) is 4.85. The normalized spacial score (nSPS) is 13.2. The molecule has 3 aromatic rings. The second-order valence-corrected chi connectivity index (χ2v) is 6.54. The van der Waals surface area contributed by atoms with Gasteiger partial charge in [0.25, 0.3) is 0 Å². The number of anilines is 1. The van der Waals surface area contributed by atoms with E-state index in [9.17, 15) is 0 Å². The third kappa shape index (κ3) is 2.46. The molecule has 0 aliphatic carbocycles. The Balaban J connectivity index is 1.89. The minimum Gasteiger partial charge on any atom is -0.317 e. The standard InChI is InChI=1S/C22H22N4/c1-5-20-19-14-24-26(21-11-6-7-12-23-21)17(4)22(19)16(3)25(20)18-10-8-9-15(2)13-18/h6-14H,4-5H2,1-3H3. The maximum Gasteiger partial charge on any atom is 0.153 e. The quantitative estimate of drug-likeness (QED) is 0.680. The average Bonchev–Trinajstić information content (AvgIpc) is 2.95. The summed E-state index contributed by atoms with van der Waals surface area (Å²) in [5.41, 5.74) is 8.03. The molecule has 0 spiro atoms. The fraction of sp³-hybridized carbons (Fsp3) is 0.182. The molecule has 0 amide bonds. The van der Waals surface area contributed by atoms with Gasteiger partial charge in [0.1, 0.15) is 0 Å². The number of aromatic nitrogens is 2. The molecule has 4 nitrogen and oxygen atoms in total. The lowest BCUT2D eigenvalue weighted by Crippen LogP contribution is -2.20. The van der Waals surface area contributed by atoms with Crippen LogP contribution in [0.1, 0.15) is 35.0 Å². The van der Waals surface area contributed by atoms with Gasteiger partial charge in [-0.05, 0) is 50.1 Å². The van der Waals surface area contributed by atoms with E-state index in [1.54, 1.807) is 6.20 Å². The predicted molar refractivity (Wildman–Crippen MR) is 108 cm³/mol. The number of aryl methyl sites for hydroxylation is 1. The first-order chi connectivity index (χ1) is 12.6. The molecular weight excluding hydrogens is 320 g/mol. The molecule has 26 heavy (non-hydrogen) atoms. The van der Waals surface area contributed by atoms with Crippen molar-refractivity contribution in [3.8, 4) is 5.69 Å². The summed E-state index contributed by atoms with van der Waals surface area (Å²) in [6.07, 6.45) is 4.64. The topological polar surface area (TPSA) is 33.4 Å². The fourth-order valence-electron chi connectivity index (χ4n) is 3.71. The van der Waals surface area contributed by atoms with E-state index in [1.807, 2.05) is 29.4 Å². The molecule has 0 bridgehead atoms. The van der Waals surface area contributed by atoms with Gasteiger partial charge in [-0.3, -0.25) is 0 Å². The van der Waals surface area contributed by atoms with Gasteiger partial charge in [-0.25, -0.2) is 9.99 Å². The Morgan fingerprint density at radius 2 is 1.92 bits per heavy atom. The molecule has 4 heteroatoms. The number of hydrazone groups is 1. The number of pyridine rings is 1. The predicted octanol–water partition coefficient (Wildman–Crippen LogP) is 4.88. The van der Waals surface area contributed by atoms with Crippen LogP contribution in [0.15, 0.2) is 60.3 Å². The van der Waals surface area contributed by atoms with Gasteiger partial charge in [0.05, 0.1) is 11.9 Å². The zero-order valence-electron chi connectivity index (χ0n) is 15.4. The van der Waals surface area contributed by atoms with Crippen molar-refractivity contribution in [3.05, 3.63) is 83.3 Å². The molecule has 0 fully saturated rings. The van der Waals surface area contributed by atoms with Crippen molar-refractivity contribution in [2.45, 2.75) is 27.2 Å². The molecule has 0 N–H and O–H groups in total. The Bertz CT molecular complexity index is 1010. The largest absolute Gasteiger partial charge is 0.317 e. The van der Waals surface area contributed by atoms with Gasteiger partial charge in [-0.15, -0.1) is 0 Å². The van der Waals surface area contributed by atoms with E-state index in [2.05, 4.69) is 66.3 Å². The summed E-state index contributed by atoms with van der Waals surface area (Å²) in [5.74, 6) is 0.778. The molecular formula is C22H22N4. The van der Waals surface area contributed by atoms with Crippen LogP contribution in [-0.2, 0) is 6.42 Å². The summed E-state index contributed by atoms with van der Waals surface area (Å²) in [6, 6.07) is 14.4. The van der Waals surface area contributed by atoms with Gasteiger partial charge in [0, 0.05) is 34.4 Å². The van der Waals surface area contributed by atoms with Crippen molar-refractivity contribution in [1.82, 2.24) is 9.55 Å². The highest BCUT2D eigenvalue weighted by Crippen LogP contribution is 2.36. The molecule has 0 atom stereocenters. The van der Waals surface area contributed by atoms with Gasteiger partial charge < -0.3 is 4.57 Å². The fourth-order valence-corrected chi connectivity index (χ4v) is 3.71. The smallest absolute Gasteiger partial charge is 0.153 e. The Hall–Kier alpha value is -3.14. The summed E-state index contributed by atoms with van der Waals surface area (Å²) in [7, 11) is 0. The van der Waals surface area contributed by atoms with Crippen LogP contribution in [0, 0.1) is 13.8 Å². The first kappa shape index (κ1) is 16.3. The first-order valence-corrected chi connectivity index (χ1v) is 8.87. The van der Waals surface area contributed by atoms with Gasteiger partial charge >= 0.3 is 0 Å². The second kappa shape index (κ2) is 6.30. The van der Waals surface area contributed by atoms with Crippen LogP contribution >= 0.6 is 0 Å². The molecule has 1 aliphatic heterocycles. The molecule has 0 unspecified atom stereocenters. The van der Waals surface area contributed by atoms with Gasteiger partial charge in [-0.1, -0.05) is 31.7 Å². The highest BCUT2D eigenvalue weighted by Gasteiger charge is 2.27. The van der Waals surface area contributed by atoms with Crippen LogP contribution < -0.4 is 5.01 Å². The molecule has 3 heterocycles. The number of hydrogen-bond donors (Lipinski definition) is 0. The molecule has 0 saturated carbocycles. The third-order valence-electron chi connectivity index (χ3n) is 4.85. The van der Waals surface area contributed by atoms with Crippen LogP contribution in [-0.4, -0.2) is 15.8 Å². The van der Waals surface area contributed by atoms with Crippen LogP contribution in [0.5, 0.6) is 0 Å². The number of hydrogen-bond acceptors (Lipinski definition) is 3. The monoisotopic (exact) mass is 342 g/mol. The van der Waals surface area contributed by atoms with E-state index in [0.29, 0.717) is 0 Å². The summed E-state index contributed by atoms with van der Waals surface area (Å²) in [5, 5.41) is 6.44. The highest BCUT2D eigenvalue weighted by atomic mass is 15.5. The molecule has 0 saturated heterocycles. The van der Waals surface area contributed by atoms with E-state index in [-0.39, 0.29) is 0 Å². The number of fused-ring (bicyclic) bond motifs is 1. The van der Waals surface area contributed by atoms with Crippen LogP contribution in [0.25, 0.3) is 11.4 Å². The zero-order valence-corrected chi connectivity index (χ0v) is 15.4. The lowest BCUT2D eigenvalue weighted by molar-refractivity contribution is 0.903. The molecule has 1 aliphatic rings. The molecule has 1 aromatic carbocycles. The molecule has 2 aromatic heterocycles. The SMILES string of the molecule is C=C1c2c(c(CC)n(-c3cccc(C)c3)c2C)C=NN1c1ccccn1. The van der Waals surface area contributed by atoms with Gasteiger partial charge in [-0.2, -0.15) is 5.10 Å². The summed E-state index contributed by atoms with van der Waals surface area (Å²) >= 11 is 0. The molecule has 0 radical (unpaired) electrons. The van der Waals surface area contributed by atoms with Gasteiger partial charge in [0.2, 0.25) is 0 Å².